The highest BCUT2D eigenvalue weighted by molar-refractivity contribution is 6.42. The van der Waals surface area contributed by atoms with E-state index < -0.39 is 17.5 Å². The van der Waals surface area contributed by atoms with Crippen LogP contribution in [-0.4, -0.2) is 55.0 Å². The standard InChI is InChI=1S/C23H25Cl2N3O5/c1-5-27(12-14-6-9-18(32-3)19(10-14)33-4)20(29)13-28-21(30)23(2,26-22(28)31)15-7-8-16(24)17(25)11-15/h6-11H,5,12-13H2,1-4H3,(H,26,31). The molecule has 2 aromatic rings. The average molecular weight is 494 g/mol. The fraction of sp³-hybridized carbons (Fsp3) is 0.348. The average Bonchev–Trinajstić information content (AvgIpc) is 3.02. The molecule has 1 N–H and O–H groups in total. The lowest BCUT2D eigenvalue weighted by molar-refractivity contribution is -0.139. The molecule has 33 heavy (non-hydrogen) atoms. The summed E-state index contributed by atoms with van der Waals surface area (Å²) in [6, 6.07) is 9.42. The summed E-state index contributed by atoms with van der Waals surface area (Å²) in [6.45, 7) is 3.68. The molecule has 0 aliphatic carbocycles. The van der Waals surface area contributed by atoms with E-state index in [4.69, 9.17) is 32.7 Å². The summed E-state index contributed by atoms with van der Waals surface area (Å²) in [5.74, 6) is 0.220. The molecule has 1 unspecified atom stereocenters. The molecule has 0 aromatic heterocycles. The van der Waals surface area contributed by atoms with E-state index in [0.717, 1.165) is 10.5 Å². The van der Waals surface area contributed by atoms with Crippen LogP contribution in [0, 0.1) is 0 Å². The van der Waals surface area contributed by atoms with Gasteiger partial charge in [0.25, 0.3) is 5.91 Å². The number of nitrogens with one attached hydrogen (secondary N) is 1. The summed E-state index contributed by atoms with van der Waals surface area (Å²) in [5.41, 5.74) is -0.0602. The van der Waals surface area contributed by atoms with Gasteiger partial charge in [-0.05, 0) is 49.2 Å². The number of benzene rings is 2. The number of hydrogen-bond donors (Lipinski definition) is 1. The van der Waals surface area contributed by atoms with Crippen molar-refractivity contribution in [2.24, 2.45) is 0 Å². The molecule has 0 bridgehead atoms. The van der Waals surface area contributed by atoms with Crippen LogP contribution in [0.15, 0.2) is 36.4 Å². The molecule has 3 rings (SSSR count). The number of ether oxygens (including phenoxy) is 2. The first-order valence-corrected chi connectivity index (χ1v) is 11.0. The summed E-state index contributed by atoms with van der Waals surface area (Å²) in [6.07, 6.45) is 0. The number of carbonyl (C=O) groups is 3. The molecule has 10 heteroatoms. The molecule has 0 radical (unpaired) electrons. The van der Waals surface area contributed by atoms with E-state index in [1.54, 1.807) is 43.2 Å². The number of rotatable bonds is 8. The molecule has 1 aliphatic heterocycles. The number of urea groups is 1. The fourth-order valence-electron chi connectivity index (χ4n) is 3.65. The van der Waals surface area contributed by atoms with Crippen molar-refractivity contribution in [2.75, 3.05) is 27.3 Å². The smallest absolute Gasteiger partial charge is 0.325 e. The Labute approximate surface area is 202 Å². The van der Waals surface area contributed by atoms with Crippen LogP contribution in [-0.2, 0) is 21.7 Å². The Hall–Kier alpha value is -2.97. The van der Waals surface area contributed by atoms with Crippen LogP contribution in [0.3, 0.4) is 0 Å². The highest BCUT2D eigenvalue weighted by Gasteiger charge is 2.49. The summed E-state index contributed by atoms with van der Waals surface area (Å²) < 4.78 is 10.6. The number of nitrogens with zero attached hydrogens (tertiary/aromatic N) is 2. The molecule has 1 atom stereocenters. The van der Waals surface area contributed by atoms with Gasteiger partial charge in [-0.25, -0.2) is 4.79 Å². The zero-order valence-electron chi connectivity index (χ0n) is 18.8. The number of carbonyl (C=O) groups excluding carboxylic acids is 3. The van der Waals surface area contributed by atoms with Crippen LogP contribution in [0.1, 0.15) is 25.0 Å². The molecule has 1 aliphatic rings. The molecule has 1 saturated heterocycles. The maximum absolute atomic E-state index is 13.2. The van der Waals surface area contributed by atoms with Gasteiger partial charge >= 0.3 is 6.03 Å². The van der Waals surface area contributed by atoms with Gasteiger partial charge in [-0.1, -0.05) is 35.3 Å². The summed E-state index contributed by atoms with van der Waals surface area (Å²) in [7, 11) is 3.08. The highest BCUT2D eigenvalue weighted by Crippen LogP contribution is 2.33. The van der Waals surface area contributed by atoms with Crippen molar-refractivity contribution in [2.45, 2.75) is 25.9 Å². The van der Waals surface area contributed by atoms with E-state index in [1.807, 2.05) is 13.0 Å². The Kier molecular flexibility index (Phi) is 7.39. The number of amides is 4. The lowest BCUT2D eigenvalue weighted by atomic mass is 9.92. The minimum atomic E-state index is -1.36. The number of imide groups is 1. The van der Waals surface area contributed by atoms with Gasteiger partial charge in [0.15, 0.2) is 11.5 Å². The third-order valence-electron chi connectivity index (χ3n) is 5.62. The van der Waals surface area contributed by atoms with Gasteiger partial charge in [-0.2, -0.15) is 0 Å². The minimum Gasteiger partial charge on any atom is -0.493 e. The number of methoxy groups -OCH3 is 2. The largest absolute Gasteiger partial charge is 0.493 e. The van der Waals surface area contributed by atoms with Crippen molar-refractivity contribution in [1.82, 2.24) is 15.1 Å². The van der Waals surface area contributed by atoms with E-state index in [-0.39, 0.29) is 24.0 Å². The Morgan fingerprint density at radius 1 is 1.06 bits per heavy atom. The Bertz CT molecular complexity index is 1090. The maximum atomic E-state index is 13.2. The van der Waals surface area contributed by atoms with Crippen LogP contribution in [0.4, 0.5) is 4.79 Å². The first-order chi connectivity index (χ1) is 15.6. The second kappa shape index (κ2) is 9.89. The van der Waals surface area contributed by atoms with Crippen LogP contribution in [0.2, 0.25) is 10.0 Å². The van der Waals surface area contributed by atoms with E-state index in [1.165, 1.54) is 13.2 Å². The van der Waals surface area contributed by atoms with Crippen molar-refractivity contribution in [3.05, 3.63) is 57.6 Å². The summed E-state index contributed by atoms with van der Waals surface area (Å²) >= 11 is 12.1. The molecule has 1 heterocycles. The van der Waals surface area contributed by atoms with Crippen molar-refractivity contribution in [1.29, 1.82) is 0 Å². The third-order valence-corrected chi connectivity index (χ3v) is 6.36. The predicted molar refractivity (Wildman–Crippen MR) is 125 cm³/mol. The molecule has 4 amide bonds. The molecule has 1 fully saturated rings. The van der Waals surface area contributed by atoms with Crippen LogP contribution >= 0.6 is 23.2 Å². The van der Waals surface area contributed by atoms with E-state index >= 15 is 0 Å². The van der Waals surface area contributed by atoms with Gasteiger partial charge in [-0.3, -0.25) is 14.5 Å². The van der Waals surface area contributed by atoms with Gasteiger partial charge < -0.3 is 19.7 Å². The summed E-state index contributed by atoms with van der Waals surface area (Å²) in [4.78, 5) is 41.3. The van der Waals surface area contributed by atoms with Crippen LogP contribution < -0.4 is 14.8 Å². The van der Waals surface area contributed by atoms with Gasteiger partial charge in [-0.15, -0.1) is 0 Å². The Balaban J connectivity index is 1.76. The Morgan fingerprint density at radius 3 is 2.36 bits per heavy atom. The maximum Gasteiger partial charge on any atom is 0.325 e. The Morgan fingerprint density at radius 2 is 1.76 bits per heavy atom. The van der Waals surface area contributed by atoms with E-state index in [9.17, 15) is 14.4 Å². The number of hydrogen-bond acceptors (Lipinski definition) is 5. The predicted octanol–water partition coefficient (Wildman–Crippen LogP) is 3.83. The molecule has 176 valence electrons. The van der Waals surface area contributed by atoms with E-state index in [2.05, 4.69) is 5.32 Å². The van der Waals surface area contributed by atoms with Gasteiger partial charge in [0, 0.05) is 13.1 Å². The summed E-state index contributed by atoms with van der Waals surface area (Å²) in [5, 5.41) is 3.27. The van der Waals surface area contributed by atoms with Crippen LogP contribution in [0.5, 0.6) is 11.5 Å². The van der Waals surface area contributed by atoms with Crippen molar-refractivity contribution in [3.63, 3.8) is 0 Å². The topological polar surface area (TPSA) is 88.2 Å². The van der Waals surface area contributed by atoms with Gasteiger partial charge in [0.05, 0.1) is 24.3 Å². The first kappa shape index (κ1) is 24.7. The minimum absolute atomic E-state index is 0.263. The normalized spacial score (nSPS) is 17.7. The zero-order valence-corrected chi connectivity index (χ0v) is 20.3. The molecular weight excluding hydrogens is 469 g/mol. The second-order valence-electron chi connectivity index (χ2n) is 7.67. The molecule has 0 spiro atoms. The third kappa shape index (κ3) is 4.86. The van der Waals surface area contributed by atoms with Crippen molar-refractivity contribution in [3.8, 4) is 11.5 Å². The molecular formula is C23H25Cl2N3O5. The molecule has 2 aromatic carbocycles. The van der Waals surface area contributed by atoms with Crippen molar-refractivity contribution >= 4 is 41.0 Å². The van der Waals surface area contributed by atoms with Gasteiger partial charge in [0.1, 0.15) is 12.1 Å². The van der Waals surface area contributed by atoms with Gasteiger partial charge in [0.2, 0.25) is 5.91 Å². The lowest BCUT2D eigenvalue weighted by Gasteiger charge is -2.25. The monoisotopic (exact) mass is 493 g/mol. The second-order valence-corrected chi connectivity index (χ2v) is 8.49. The SMILES string of the molecule is CCN(Cc1ccc(OC)c(OC)c1)C(=O)CN1C(=O)NC(C)(c2ccc(Cl)c(Cl)c2)C1=O. The van der Waals surface area contributed by atoms with Crippen LogP contribution in [0.25, 0.3) is 0 Å². The zero-order chi connectivity index (χ0) is 24.3. The fourth-order valence-corrected chi connectivity index (χ4v) is 3.95. The highest BCUT2D eigenvalue weighted by atomic mass is 35.5. The quantitative estimate of drug-likeness (QED) is 0.564. The number of halogens is 2. The van der Waals surface area contributed by atoms with Crippen molar-refractivity contribution < 1.29 is 23.9 Å². The molecule has 8 nitrogen and oxygen atoms in total. The molecule has 0 saturated carbocycles. The van der Waals surface area contributed by atoms with E-state index in [0.29, 0.717) is 28.6 Å². The number of likely N-dealkylation sites (N-methyl/N-ethyl adjacent to an activating group) is 1. The first-order valence-electron chi connectivity index (χ1n) is 10.2. The lowest BCUT2D eigenvalue weighted by Crippen LogP contribution is -2.44.